The van der Waals surface area contributed by atoms with Crippen LogP contribution in [0.15, 0.2) is 18.2 Å². The molecule has 0 radical (unpaired) electrons. The van der Waals surface area contributed by atoms with Crippen molar-refractivity contribution in [2.75, 3.05) is 32.3 Å². The van der Waals surface area contributed by atoms with Crippen molar-refractivity contribution in [3.8, 4) is 11.5 Å². The Morgan fingerprint density at radius 1 is 1.28 bits per heavy atom. The monoisotopic (exact) mass is 269 g/mol. The highest BCUT2D eigenvalue weighted by atomic mass is 32.2. The molecule has 18 heavy (non-hydrogen) atoms. The van der Waals surface area contributed by atoms with E-state index in [2.05, 4.69) is 0 Å². The molecule has 0 aromatic heterocycles. The fraction of sp³-hybridized carbons (Fsp3) is 0.538. The first-order chi connectivity index (χ1) is 8.74. The summed E-state index contributed by atoms with van der Waals surface area (Å²) >= 11 is 1.88. The molecule has 0 bridgehead atoms. The van der Waals surface area contributed by atoms with Gasteiger partial charge in [0.05, 0.1) is 33.0 Å². The minimum absolute atomic E-state index is 0.0561. The maximum atomic E-state index is 6.27. The zero-order chi connectivity index (χ0) is 13.0. The fourth-order valence-corrected chi connectivity index (χ4v) is 2.87. The van der Waals surface area contributed by atoms with E-state index >= 15 is 0 Å². The van der Waals surface area contributed by atoms with Gasteiger partial charge in [-0.2, -0.15) is 11.8 Å². The third kappa shape index (κ3) is 3.10. The van der Waals surface area contributed by atoms with E-state index < -0.39 is 0 Å². The normalized spacial score (nSPS) is 21.4. The molecule has 5 heteroatoms. The molecule has 100 valence electrons. The Morgan fingerprint density at radius 3 is 2.44 bits per heavy atom. The van der Waals surface area contributed by atoms with Crippen LogP contribution >= 0.6 is 11.8 Å². The summed E-state index contributed by atoms with van der Waals surface area (Å²) in [4.78, 5) is 0. The van der Waals surface area contributed by atoms with Gasteiger partial charge in [-0.15, -0.1) is 0 Å². The lowest BCUT2D eigenvalue weighted by Gasteiger charge is -2.28. The second-order valence-electron chi connectivity index (χ2n) is 4.16. The number of hydrogen-bond donors (Lipinski definition) is 1. The fourth-order valence-electron chi connectivity index (χ4n) is 1.95. The number of nitrogens with two attached hydrogens (primary N) is 1. The van der Waals surface area contributed by atoms with Gasteiger partial charge in [0.1, 0.15) is 11.5 Å². The van der Waals surface area contributed by atoms with Crippen molar-refractivity contribution in [1.82, 2.24) is 0 Å². The van der Waals surface area contributed by atoms with Crippen LogP contribution in [0.1, 0.15) is 11.6 Å². The first-order valence-electron chi connectivity index (χ1n) is 5.92. The Balaban J connectivity index is 2.19. The molecule has 1 aliphatic rings. The van der Waals surface area contributed by atoms with E-state index in [1.54, 1.807) is 14.2 Å². The van der Waals surface area contributed by atoms with E-state index in [0.29, 0.717) is 0 Å². The molecule has 0 saturated carbocycles. The van der Waals surface area contributed by atoms with Crippen molar-refractivity contribution < 1.29 is 14.2 Å². The Labute approximate surface area is 112 Å². The quantitative estimate of drug-likeness (QED) is 0.904. The van der Waals surface area contributed by atoms with Gasteiger partial charge in [0.25, 0.3) is 0 Å². The minimum Gasteiger partial charge on any atom is -0.497 e. The molecule has 2 N–H and O–H groups in total. The van der Waals surface area contributed by atoms with Crippen LogP contribution in [0.5, 0.6) is 11.5 Å². The summed E-state index contributed by atoms with van der Waals surface area (Å²) in [5.41, 5.74) is 7.25. The average Bonchev–Trinajstić information content (AvgIpc) is 2.46. The predicted molar refractivity (Wildman–Crippen MR) is 73.5 cm³/mol. The SMILES string of the molecule is COc1cc(OC)cc(C(N)C2CSCCO2)c1. The summed E-state index contributed by atoms with van der Waals surface area (Å²) in [6.45, 7) is 0.768. The predicted octanol–water partition coefficient (Wildman–Crippen LogP) is 1.84. The van der Waals surface area contributed by atoms with Crippen LogP contribution in [-0.2, 0) is 4.74 Å². The topological polar surface area (TPSA) is 53.7 Å². The average molecular weight is 269 g/mol. The molecule has 0 aliphatic carbocycles. The van der Waals surface area contributed by atoms with Gasteiger partial charge in [-0.05, 0) is 17.7 Å². The van der Waals surface area contributed by atoms with E-state index in [1.807, 2.05) is 30.0 Å². The molecule has 2 rings (SSSR count). The molecule has 2 atom stereocenters. The maximum Gasteiger partial charge on any atom is 0.122 e. The van der Waals surface area contributed by atoms with Gasteiger partial charge in [0.15, 0.2) is 0 Å². The third-order valence-corrected chi connectivity index (χ3v) is 4.02. The number of ether oxygens (including phenoxy) is 3. The molecule has 1 saturated heterocycles. The highest BCUT2D eigenvalue weighted by Gasteiger charge is 2.24. The molecule has 1 aromatic rings. The lowest BCUT2D eigenvalue weighted by Crippen LogP contribution is -2.34. The Hall–Kier alpha value is -0.910. The first-order valence-corrected chi connectivity index (χ1v) is 7.08. The van der Waals surface area contributed by atoms with Crippen molar-refractivity contribution in [1.29, 1.82) is 0 Å². The van der Waals surface area contributed by atoms with Crippen LogP contribution in [0.25, 0.3) is 0 Å². The maximum absolute atomic E-state index is 6.27. The summed E-state index contributed by atoms with van der Waals surface area (Å²) in [7, 11) is 3.27. The summed E-state index contributed by atoms with van der Waals surface area (Å²) < 4.78 is 16.2. The van der Waals surface area contributed by atoms with Crippen molar-refractivity contribution in [2.24, 2.45) is 5.73 Å². The number of methoxy groups -OCH3 is 2. The summed E-state index contributed by atoms with van der Waals surface area (Å²) in [6.07, 6.45) is 0.0561. The molecule has 0 amide bonds. The number of rotatable bonds is 4. The first kappa shape index (κ1) is 13.5. The molecular weight excluding hydrogens is 250 g/mol. The lowest BCUT2D eigenvalue weighted by molar-refractivity contribution is 0.0568. The van der Waals surface area contributed by atoms with E-state index in [1.165, 1.54) is 0 Å². The van der Waals surface area contributed by atoms with Crippen molar-refractivity contribution in [3.05, 3.63) is 23.8 Å². The van der Waals surface area contributed by atoms with Crippen LogP contribution in [0.4, 0.5) is 0 Å². The Morgan fingerprint density at radius 2 is 1.94 bits per heavy atom. The van der Waals surface area contributed by atoms with Crippen molar-refractivity contribution in [3.63, 3.8) is 0 Å². The minimum atomic E-state index is -0.151. The highest BCUT2D eigenvalue weighted by molar-refractivity contribution is 7.99. The molecule has 1 fully saturated rings. The zero-order valence-corrected chi connectivity index (χ0v) is 11.5. The van der Waals surface area contributed by atoms with Gasteiger partial charge >= 0.3 is 0 Å². The van der Waals surface area contributed by atoms with E-state index in [-0.39, 0.29) is 12.1 Å². The molecule has 1 aromatic carbocycles. The van der Waals surface area contributed by atoms with E-state index in [0.717, 1.165) is 35.2 Å². The molecule has 1 aliphatic heterocycles. The highest BCUT2D eigenvalue weighted by Crippen LogP contribution is 2.29. The summed E-state index contributed by atoms with van der Waals surface area (Å²) in [5, 5.41) is 0. The van der Waals surface area contributed by atoms with Gasteiger partial charge in [-0.25, -0.2) is 0 Å². The van der Waals surface area contributed by atoms with Gasteiger partial charge in [0.2, 0.25) is 0 Å². The van der Waals surface area contributed by atoms with E-state index in [9.17, 15) is 0 Å². The van der Waals surface area contributed by atoms with Gasteiger partial charge < -0.3 is 19.9 Å². The van der Waals surface area contributed by atoms with Gasteiger partial charge in [0, 0.05) is 17.6 Å². The van der Waals surface area contributed by atoms with Crippen LogP contribution in [-0.4, -0.2) is 38.4 Å². The second-order valence-corrected chi connectivity index (χ2v) is 5.31. The summed E-state index contributed by atoms with van der Waals surface area (Å²) in [5.74, 6) is 3.48. The molecular formula is C13H19NO3S. The molecule has 2 unspecified atom stereocenters. The van der Waals surface area contributed by atoms with Gasteiger partial charge in [-0.1, -0.05) is 0 Å². The number of benzene rings is 1. The molecule has 0 spiro atoms. The van der Waals surface area contributed by atoms with E-state index in [4.69, 9.17) is 19.9 Å². The summed E-state index contributed by atoms with van der Waals surface area (Å²) in [6, 6.07) is 5.57. The van der Waals surface area contributed by atoms with Crippen molar-refractivity contribution in [2.45, 2.75) is 12.1 Å². The zero-order valence-electron chi connectivity index (χ0n) is 10.7. The lowest BCUT2D eigenvalue weighted by atomic mass is 10.0. The van der Waals surface area contributed by atoms with Crippen LogP contribution in [0.3, 0.4) is 0 Å². The Bertz CT molecular complexity index is 372. The van der Waals surface area contributed by atoms with Gasteiger partial charge in [-0.3, -0.25) is 0 Å². The Kier molecular flexibility index (Phi) is 4.74. The molecule has 4 nitrogen and oxygen atoms in total. The van der Waals surface area contributed by atoms with Crippen molar-refractivity contribution >= 4 is 11.8 Å². The van der Waals surface area contributed by atoms with Crippen LogP contribution in [0.2, 0.25) is 0 Å². The standard InChI is InChI=1S/C13H19NO3S/c1-15-10-5-9(6-11(7-10)16-2)13(14)12-8-18-4-3-17-12/h5-7,12-13H,3-4,8,14H2,1-2H3. The smallest absolute Gasteiger partial charge is 0.122 e. The molecule has 1 heterocycles. The van der Waals surface area contributed by atoms with Crippen LogP contribution < -0.4 is 15.2 Å². The van der Waals surface area contributed by atoms with Crippen LogP contribution in [0, 0.1) is 0 Å². The number of thioether (sulfide) groups is 1. The second kappa shape index (κ2) is 6.31. The third-order valence-electron chi connectivity index (χ3n) is 3.00. The number of hydrogen-bond acceptors (Lipinski definition) is 5. The largest absolute Gasteiger partial charge is 0.497 e.